The van der Waals surface area contributed by atoms with Gasteiger partial charge in [-0.2, -0.15) is 0 Å². The Labute approximate surface area is 61.2 Å². The van der Waals surface area contributed by atoms with E-state index in [0.29, 0.717) is 6.42 Å². The number of hydrogen-bond acceptors (Lipinski definition) is 2. The van der Waals surface area contributed by atoms with E-state index in [2.05, 4.69) is 0 Å². The first-order valence-electron chi connectivity index (χ1n) is 3.77. The highest BCUT2D eigenvalue weighted by atomic mass is 16.2. The summed E-state index contributed by atoms with van der Waals surface area (Å²) in [4.78, 5) is 12.9. The van der Waals surface area contributed by atoms with Crippen LogP contribution >= 0.6 is 0 Å². The number of carbonyl (C=O) groups is 1. The molecule has 1 heterocycles. The predicted molar refractivity (Wildman–Crippen MR) is 39.5 cm³/mol. The SMILES string of the molecule is CCN1CCC(N)CC1=O. The zero-order valence-electron chi connectivity index (χ0n) is 6.34. The first-order valence-corrected chi connectivity index (χ1v) is 3.77. The van der Waals surface area contributed by atoms with Crippen LogP contribution in [0.25, 0.3) is 0 Å². The number of nitrogens with zero attached hydrogens (tertiary/aromatic N) is 1. The number of nitrogens with two attached hydrogens (primary N) is 1. The van der Waals surface area contributed by atoms with Gasteiger partial charge in [0.05, 0.1) is 0 Å². The Bertz CT molecular complexity index is 136. The molecule has 1 rings (SSSR count). The minimum absolute atomic E-state index is 0.107. The smallest absolute Gasteiger partial charge is 0.224 e. The summed E-state index contributed by atoms with van der Waals surface area (Å²) in [6.07, 6.45) is 1.49. The maximum atomic E-state index is 11.1. The van der Waals surface area contributed by atoms with E-state index in [1.807, 2.05) is 11.8 Å². The highest BCUT2D eigenvalue weighted by Gasteiger charge is 2.21. The topological polar surface area (TPSA) is 46.3 Å². The molecule has 1 saturated heterocycles. The van der Waals surface area contributed by atoms with Crippen LogP contribution < -0.4 is 5.73 Å². The Morgan fingerprint density at radius 2 is 2.50 bits per heavy atom. The molecule has 0 aromatic rings. The fourth-order valence-electron chi connectivity index (χ4n) is 1.24. The second-order valence-electron chi connectivity index (χ2n) is 2.73. The second-order valence-corrected chi connectivity index (χ2v) is 2.73. The number of hydrogen-bond donors (Lipinski definition) is 1. The summed E-state index contributed by atoms with van der Waals surface area (Å²) in [7, 11) is 0. The molecule has 1 fully saturated rings. The first kappa shape index (κ1) is 7.54. The largest absolute Gasteiger partial charge is 0.343 e. The van der Waals surface area contributed by atoms with Crippen LogP contribution in [0.1, 0.15) is 19.8 Å². The van der Waals surface area contributed by atoms with Crippen LogP contribution in [0, 0.1) is 0 Å². The van der Waals surface area contributed by atoms with E-state index >= 15 is 0 Å². The molecule has 0 aromatic heterocycles. The van der Waals surface area contributed by atoms with Crippen molar-refractivity contribution in [2.24, 2.45) is 5.73 Å². The van der Waals surface area contributed by atoms with Crippen molar-refractivity contribution in [3.05, 3.63) is 0 Å². The number of piperidine rings is 1. The summed E-state index contributed by atoms with van der Waals surface area (Å²) in [5, 5.41) is 0. The molecule has 0 bridgehead atoms. The van der Waals surface area contributed by atoms with Gasteiger partial charge in [-0.3, -0.25) is 4.79 Å². The van der Waals surface area contributed by atoms with Crippen molar-refractivity contribution in [2.45, 2.75) is 25.8 Å². The zero-order chi connectivity index (χ0) is 7.56. The highest BCUT2D eigenvalue weighted by Crippen LogP contribution is 2.08. The Balaban J connectivity index is 2.43. The van der Waals surface area contributed by atoms with Crippen LogP contribution in [0.2, 0.25) is 0 Å². The summed E-state index contributed by atoms with van der Waals surface area (Å²) < 4.78 is 0. The van der Waals surface area contributed by atoms with Crippen LogP contribution in [-0.2, 0) is 4.79 Å². The van der Waals surface area contributed by atoms with Crippen LogP contribution in [-0.4, -0.2) is 29.9 Å². The molecule has 2 N–H and O–H groups in total. The molecule has 58 valence electrons. The van der Waals surface area contributed by atoms with Crippen molar-refractivity contribution in [2.75, 3.05) is 13.1 Å². The van der Waals surface area contributed by atoms with Gasteiger partial charge >= 0.3 is 0 Å². The monoisotopic (exact) mass is 142 g/mol. The number of rotatable bonds is 1. The van der Waals surface area contributed by atoms with Gasteiger partial charge in [0.2, 0.25) is 5.91 Å². The fraction of sp³-hybridized carbons (Fsp3) is 0.857. The average Bonchev–Trinajstić information content (AvgIpc) is 1.88. The van der Waals surface area contributed by atoms with Gasteiger partial charge in [-0.1, -0.05) is 0 Å². The van der Waals surface area contributed by atoms with E-state index in [1.54, 1.807) is 0 Å². The predicted octanol–water partition coefficient (Wildman–Crippen LogP) is -0.0440. The van der Waals surface area contributed by atoms with E-state index in [4.69, 9.17) is 5.73 Å². The Morgan fingerprint density at radius 1 is 1.80 bits per heavy atom. The lowest BCUT2D eigenvalue weighted by Crippen LogP contribution is -2.43. The van der Waals surface area contributed by atoms with Crippen molar-refractivity contribution >= 4 is 5.91 Å². The molecular weight excluding hydrogens is 128 g/mol. The van der Waals surface area contributed by atoms with E-state index < -0.39 is 0 Å². The number of amides is 1. The van der Waals surface area contributed by atoms with E-state index in [9.17, 15) is 4.79 Å². The summed E-state index contributed by atoms with van der Waals surface area (Å²) >= 11 is 0. The van der Waals surface area contributed by atoms with Gasteiger partial charge in [-0.05, 0) is 13.3 Å². The van der Waals surface area contributed by atoms with Crippen LogP contribution in [0.3, 0.4) is 0 Å². The maximum absolute atomic E-state index is 11.1. The van der Waals surface area contributed by atoms with Gasteiger partial charge in [-0.25, -0.2) is 0 Å². The summed E-state index contributed by atoms with van der Waals surface area (Å²) in [6.45, 7) is 3.66. The molecule has 1 atom stereocenters. The molecule has 0 saturated carbocycles. The number of carbonyl (C=O) groups excluding carboxylic acids is 1. The lowest BCUT2D eigenvalue weighted by atomic mass is 10.1. The van der Waals surface area contributed by atoms with Crippen LogP contribution in [0.5, 0.6) is 0 Å². The third-order valence-corrected chi connectivity index (χ3v) is 1.94. The molecule has 1 unspecified atom stereocenters. The third-order valence-electron chi connectivity index (χ3n) is 1.94. The standard InChI is InChI=1S/C7H14N2O/c1-2-9-4-3-6(8)5-7(9)10/h6H,2-5,8H2,1H3. The van der Waals surface area contributed by atoms with Gasteiger partial charge < -0.3 is 10.6 Å². The Kier molecular flexibility index (Phi) is 2.27. The summed E-state index contributed by atoms with van der Waals surface area (Å²) in [5.41, 5.74) is 5.59. The summed E-state index contributed by atoms with van der Waals surface area (Å²) in [6, 6.07) is 0.107. The average molecular weight is 142 g/mol. The molecule has 0 radical (unpaired) electrons. The first-order chi connectivity index (χ1) is 4.74. The van der Waals surface area contributed by atoms with Crippen molar-refractivity contribution in [1.82, 2.24) is 4.90 Å². The number of likely N-dealkylation sites (tertiary alicyclic amines) is 1. The van der Waals surface area contributed by atoms with Crippen LogP contribution in [0.4, 0.5) is 0 Å². The van der Waals surface area contributed by atoms with Gasteiger partial charge in [0.25, 0.3) is 0 Å². The fourth-order valence-corrected chi connectivity index (χ4v) is 1.24. The van der Waals surface area contributed by atoms with Gasteiger partial charge in [-0.15, -0.1) is 0 Å². The van der Waals surface area contributed by atoms with Crippen molar-refractivity contribution < 1.29 is 4.79 Å². The normalized spacial score (nSPS) is 27.2. The molecule has 10 heavy (non-hydrogen) atoms. The minimum atomic E-state index is 0.107. The van der Waals surface area contributed by atoms with Crippen molar-refractivity contribution in [3.63, 3.8) is 0 Å². The van der Waals surface area contributed by atoms with E-state index in [0.717, 1.165) is 19.5 Å². The molecule has 1 aliphatic heterocycles. The molecular formula is C7H14N2O. The lowest BCUT2D eigenvalue weighted by molar-refractivity contribution is -0.133. The highest BCUT2D eigenvalue weighted by molar-refractivity contribution is 5.77. The quantitative estimate of drug-likeness (QED) is 0.558. The summed E-state index contributed by atoms with van der Waals surface area (Å²) in [5.74, 6) is 0.209. The molecule has 0 aliphatic carbocycles. The Morgan fingerprint density at radius 3 is 3.00 bits per heavy atom. The van der Waals surface area contributed by atoms with E-state index in [-0.39, 0.29) is 11.9 Å². The zero-order valence-corrected chi connectivity index (χ0v) is 6.34. The van der Waals surface area contributed by atoms with Crippen LogP contribution in [0.15, 0.2) is 0 Å². The molecule has 0 aromatic carbocycles. The van der Waals surface area contributed by atoms with Gasteiger partial charge in [0, 0.05) is 25.6 Å². The van der Waals surface area contributed by atoms with Crippen molar-refractivity contribution in [1.29, 1.82) is 0 Å². The molecule has 1 aliphatic rings. The lowest BCUT2D eigenvalue weighted by Gasteiger charge is -2.28. The van der Waals surface area contributed by atoms with Crippen molar-refractivity contribution in [3.8, 4) is 0 Å². The molecule has 0 spiro atoms. The molecule has 1 amide bonds. The molecule has 3 heteroatoms. The van der Waals surface area contributed by atoms with Gasteiger partial charge in [0.1, 0.15) is 0 Å². The van der Waals surface area contributed by atoms with Gasteiger partial charge in [0.15, 0.2) is 0 Å². The van der Waals surface area contributed by atoms with E-state index in [1.165, 1.54) is 0 Å². The maximum Gasteiger partial charge on any atom is 0.224 e. The minimum Gasteiger partial charge on any atom is -0.343 e. The Hall–Kier alpha value is -0.570. The third kappa shape index (κ3) is 1.48. The second kappa shape index (κ2) is 3.01. The molecule has 3 nitrogen and oxygen atoms in total.